The summed E-state index contributed by atoms with van der Waals surface area (Å²) >= 11 is 12.3. The van der Waals surface area contributed by atoms with Gasteiger partial charge in [0.05, 0.1) is 25.2 Å². The molecule has 2 aliphatic heterocycles. The number of aryl methyl sites for hydroxylation is 1. The summed E-state index contributed by atoms with van der Waals surface area (Å²) in [7, 11) is 0. The molecule has 2 atom stereocenters. The Kier molecular flexibility index (Phi) is 6.66. The fourth-order valence-electron chi connectivity index (χ4n) is 4.82. The first kappa shape index (κ1) is 23.0. The van der Waals surface area contributed by atoms with Crippen LogP contribution in [0.1, 0.15) is 60.5 Å². The van der Waals surface area contributed by atoms with Crippen molar-refractivity contribution in [3.05, 3.63) is 75.3 Å². The van der Waals surface area contributed by atoms with Crippen molar-refractivity contribution in [2.45, 2.75) is 51.2 Å². The van der Waals surface area contributed by atoms with Crippen molar-refractivity contribution in [3.8, 4) is 5.75 Å². The van der Waals surface area contributed by atoms with Crippen molar-refractivity contribution >= 4 is 29.2 Å². The van der Waals surface area contributed by atoms with Gasteiger partial charge < -0.3 is 19.5 Å². The Morgan fingerprint density at radius 2 is 1.88 bits per heavy atom. The van der Waals surface area contributed by atoms with E-state index in [2.05, 4.69) is 20.1 Å². The molecule has 0 bridgehead atoms. The number of hydrogen-bond acceptors (Lipinski definition) is 4. The van der Waals surface area contributed by atoms with Gasteiger partial charge >= 0.3 is 6.03 Å². The number of carbonyl (C=O) groups is 1. The summed E-state index contributed by atoms with van der Waals surface area (Å²) in [6.45, 7) is 3.87. The quantitative estimate of drug-likeness (QED) is 0.499. The van der Waals surface area contributed by atoms with Crippen LogP contribution in [0.5, 0.6) is 5.75 Å². The second kappa shape index (κ2) is 9.84. The van der Waals surface area contributed by atoms with Crippen molar-refractivity contribution in [1.29, 1.82) is 0 Å². The molecular formula is C25H27Cl2N5O2. The SMILES string of the molecule is Cc1nnc([C@H]2CCCN2C(=O)N[C@H]2CCCOc3ccc(Cl)cc32)n1Cc1ccc(Cl)cc1. The lowest BCUT2D eigenvalue weighted by Crippen LogP contribution is -2.41. The smallest absolute Gasteiger partial charge is 0.318 e. The van der Waals surface area contributed by atoms with Gasteiger partial charge in [-0.15, -0.1) is 10.2 Å². The number of ether oxygens (including phenoxy) is 1. The van der Waals surface area contributed by atoms with Crippen LogP contribution in [-0.4, -0.2) is 38.8 Å². The number of hydrogen-bond donors (Lipinski definition) is 1. The van der Waals surface area contributed by atoms with Gasteiger partial charge in [0, 0.05) is 22.2 Å². The van der Waals surface area contributed by atoms with Crippen LogP contribution in [0.15, 0.2) is 42.5 Å². The number of rotatable bonds is 4. The van der Waals surface area contributed by atoms with Gasteiger partial charge in [-0.3, -0.25) is 0 Å². The lowest BCUT2D eigenvalue weighted by molar-refractivity contribution is 0.185. The van der Waals surface area contributed by atoms with E-state index in [1.165, 1.54) is 0 Å². The van der Waals surface area contributed by atoms with Gasteiger partial charge in [0.2, 0.25) is 0 Å². The zero-order valence-corrected chi connectivity index (χ0v) is 20.5. The first-order chi connectivity index (χ1) is 16.5. The van der Waals surface area contributed by atoms with Crippen molar-refractivity contribution in [2.75, 3.05) is 13.2 Å². The average molecular weight is 500 g/mol. The topological polar surface area (TPSA) is 72.3 Å². The van der Waals surface area contributed by atoms with Gasteiger partial charge in [-0.25, -0.2) is 4.79 Å². The predicted molar refractivity (Wildman–Crippen MR) is 131 cm³/mol. The molecule has 3 aromatic rings. The van der Waals surface area contributed by atoms with E-state index in [9.17, 15) is 4.79 Å². The Bertz CT molecular complexity index is 1180. The maximum atomic E-state index is 13.5. The number of halogens is 2. The summed E-state index contributed by atoms with van der Waals surface area (Å²) in [4.78, 5) is 15.4. The maximum Gasteiger partial charge on any atom is 0.318 e. The molecule has 3 heterocycles. The molecule has 2 aromatic carbocycles. The highest BCUT2D eigenvalue weighted by molar-refractivity contribution is 6.30. The fourth-order valence-corrected chi connectivity index (χ4v) is 5.13. The molecule has 0 unspecified atom stereocenters. The number of urea groups is 1. The molecular weight excluding hydrogens is 473 g/mol. The van der Waals surface area contributed by atoms with Crippen LogP contribution in [0.2, 0.25) is 10.0 Å². The van der Waals surface area contributed by atoms with Crippen LogP contribution in [-0.2, 0) is 6.54 Å². The molecule has 178 valence electrons. The van der Waals surface area contributed by atoms with Gasteiger partial charge in [-0.05, 0) is 68.5 Å². The second-order valence-corrected chi connectivity index (χ2v) is 9.72. The van der Waals surface area contributed by atoms with Crippen LogP contribution in [0.25, 0.3) is 0 Å². The number of likely N-dealkylation sites (tertiary alicyclic amines) is 1. The van der Waals surface area contributed by atoms with Crippen LogP contribution in [0, 0.1) is 6.92 Å². The molecule has 1 fully saturated rings. The highest BCUT2D eigenvalue weighted by Gasteiger charge is 2.35. The average Bonchev–Trinajstić information content (AvgIpc) is 3.39. The first-order valence-electron chi connectivity index (χ1n) is 11.6. The highest BCUT2D eigenvalue weighted by Crippen LogP contribution is 2.36. The van der Waals surface area contributed by atoms with E-state index < -0.39 is 0 Å². The van der Waals surface area contributed by atoms with Crippen LogP contribution in [0.4, 0.5) is 4.79 Å². The van der Waals surface area contributed by atoms with Crippen LogP contribution < -0.4 is 10.1 Å². The van der Waals surface area contributed by atoms with Gasteiger partial charge in [-0.1, -0.05) is 35.3 Å². The number of nitrogens with one attached hydrogen (secondary N) is 1. The molecule has 2 amide bonds. The lowest BCUT2D eigenvalue weighted by Gasteiger charge is -2.28. The molecule has 0 radical (unpaired) electrons. The van der Waals surface area contributed by atoms with E-state index in [4.69, 9.17) is 27.9 Å². The van der Waals surface area contributed by atoms with Crippen LogP contribution >= 0.6 is 23.2 Å². The minimum atomic E-state index is -0.154. The minimum absolute atomic E-state index is 0.0981. The monoisotopic (exact) mass is 499 g/mol. The largest absolute Gasteiger partial charge is 0.493 e. The number of nitrogens with zero attached hydrogens (tertiary/aromatic N) is 4. The summed E-state index contributed by atoms with van der Waals surface area (Å²) in [5, 5.41) is 13.4. The van der Waals surface area contributed by atoms with E-state index in [1.807, 2.05) is 54.3 Å². The summed E-state index contributed by atoms with van der Waals surface area (Å²) in [6, 6.07) is 13.0. The normalized spacial score (nSPS) is 19.9. The Morgan fingerprint density at radius 3 is 2.71 bits per heavy atom. The Morgan fingerprint density at radius 1 is 1.09 bits per heavy atom. The molecule has 0 spiro atoms. The third-order valence-corrected chi connectivity index (χ3v) is 7.06. The van der Waals surface area contributed by atoms with Crippen molar-refractivity contribution in [2.24, 2.45) is 0 Å². The van der Waals surface area contributed by atoms with Crippen LogP contribution in [0.3, 0.4) is 0 Å². The molecule has 2 aliphatic rings. The van der Waals surface area contributed by atoms with E-state index >= 15 is 0 Å². The predicted octanol–water partition coefficient (Wildman–Crippen LogP) is 5.70. The standard InChI is InChI=1S/C25H27Cl2N5O2/c1-16-29-30-24(32(16)15-17-6-8-18(26)9-7-17)22-5-2-12-31(22)25(33)28-21-4-3-13-34-23-11-10-19(27)14-20(21)23/h6-11,14,21-22H,2-5,12-13,15H2,1H3,(H,28,33)/t21-,22+/m0/s1. The van der Waals surface area contributed by atoms with Crippen molar-refractivity contribution < 1.29 is 9.53 Å². The fraction of sp³-hybridized carbons (Fsp3) is 0.400. The minimum Gasteiger partial charge on any atom is -0.493 e. The molecule has 1 N–H and O–H groups in total. The Balaban J connectivity index is 1.37. The van der Waals surface area contributed by atoms with Gasteiger partial charge in [-0.2, -0.15) is 0 Å². The number of aromatic nitrogens is 3. The molecule has 7 nitrogen and oxygen atoms in total. The molecule has 0 aliphatic carbocycles. The Hall–Kier alpha value is -2.77. The molecule has 1 saturated heterocycles. The summed E-state index contributed by atoms with van der Waals surface area (Å²) in [5.41, 5.74) is 2.03. The molecule has 1 aromatic heterocycles. The second-order valence-electron chi connectivity index (χ2n) is 8.84. The van der Waals surface area contributed by atoms with Crippen molar-refractivity contribution in [3.63, 3.8) is 0 Å². The zero-order chi connectivity index (χ0) is 23.7. The molecule has 34 heavy (non-hydrogen) atoms. The van der Waals surface area contributed by atoms with Gasteiger partial charge in [0.15, 0.2) is 5.82 Å². The van der Waals surface area contributed by atoms with E-state index in [0.29, 0.717) is 29.7 Å². The zero-order valence-electron chi connectivity index (χ0n) is 19.0. The van der Waals surface area contributed by atoms with E-state index in [0.717, 1.165) is 54.2 Å². The number of benzene rings is 2. The lowest BCUT2D eigenvalue weighted by atomic mass is 10.0. The van der Waals surface area contributed by atoms with E-state index in [-0.39, 0.29) is 18.1 Å². The van der Waals surface area contributed by atoms with E-state index in [1.54, 1.807) is 0 Å². The summed E-state index contributed by atoms with van der Waals surface area (Å²) < 4.78 is 7.95. The summed E-state index contributed by atoms with van der Waals surface area (Å²) in [5.74, 6) is 2.41. The third-order valence-electron chi connectivity index (χ3n) is 6.57. The maximum absolute atomic E-state index is 13.5. The Labute approximate surface area is 209 Å². The highest BCUT2D eigenvalue weighted by atomic mass is 35.5. The van der Waals surface area contributed by atoms with Gasteiger partial charge in [0.25, 0.3) is 0 Å². The van der Waals surface area contributed by atoms with Crippen molar-refractivity contribution in [1.82, 2.24) is 25.0 Å². The number of carbonyl (C=O) groups excluding carboxylic acids is 1. The molecule has 9 heteroatoms. The molecule has 0 saturated carbocycles. The van der Waals surface area contributed by atoms with Gasteiger partial charge in [0.1, 0.15) is 11.6 Å². The number of fused-ring (bicyclic) bond motifs is 1. The molecule has 5 rings (SSSR count). The third kappa shape index (κ3) is 4.72. The first-order valence-corrected chi connectivity index (χ1v) is 12.4. The summed E-state index contributed by atoms with van der Waals surface area (Å²) in [6.07, 6.45) is 3.42. The number of amides is 2.